The normalized spacial score (nSPS) is 24.0. The smallest absolute Gasteiger partial charge is 0.254 e. The summed E-state index contributed by atoms with van der Waals surface area (Å²) in [7, 11) is 0. The summed E-state index contributed by atoms with van der Waals surface area (Å²) in [4.78, 5) is 11.6. The molecule has 1 saturated heterocycles. The lowest BCUT2D eigenvalue weighted by Crippen LogP contribution is -2.37. The van der Waals surface area contributed by atoms with Crippen LogP contribution in [0.3, 0.4) is 0 Å². The van der Waals surface area contributed by atoms with E-state index in [1.165, 1.54) is 0 Å². The molecule has 0 amide bonds. The van der Waals surface area contributed by atoms with Crippen molar-refractivity contribution in [3.8, 4) is 0 Å². The van der Waals surface area contributed by atoms with E-state index in [0.717, 1.165) is 16.0 Å². The van der Waals surface area contributed by atoms with E-state index in [4.69, 9.17) is 0 Å². The fourth-order valence-electron chi connectivity index (χ4n) is 3.10. The minimum absolute atomic E-state index is 0.0749. The molecule has 2 aromatic rings. The highest BCUT2D eigenvalue weighted by atomic mass is 32.1. The Balaban J connectivity index is 1.60. The van der Waals surface area contributed by atoms with Gasteiger partial charge in [0.05, 0.1) is 5.39 Å². The standard InChI is InChI=1S/C13H13F2N3S/c14-13(15)7-12(13)2-4-18(5-3-12)10-9-1-6-19-11(9)17-8-16-10/h1,6,8H,2-5,7H2. The van der Waals surface area contributed by atoms with E-state index in [9.17, 15) is 8.78 Å². The Morgan fingerprint density at radius 1 is 1.21 bits per heavy atom. The molecule has 0 bridgehead atoms. The van der Waals surface area contributed by atoms with Crippen molar-refractivity contribution in [2.45, 2.75) is 25.2 Å². The van der Waals surface area contributed by atoms with Crippen LogP contribution in [0.1, 0.15) is 19.3 Å². The van der Waals surface area contributed by atoms with Gasteiger partial charge in [0.25, 0.3) is 5.92 Å². The molecule has 0 aromatic carbocycles. The Morgan fingerprint density at radius 3 is 2.63 bits per heavy atom. The first kappa shape index (κ1) is 11.5. The Morgan fingerprint density at radius 2 is 1.95 bits per heavy atom. The molecule has 0 atom stereocenters. The molecule has 1 aliphatic heterocycles. The molecule has 0 N–H and O–H groups in total. The number of rotatable bonds is 1. The average molecular weight is 281 g/mol. The molecule has 2 aromatic heterocycles. The molecule has 19 heavy (non-hydrogen) atoms. The van der Waals surface area contributed by atoms with Crippen molar-refractivity contribution in [3.63, 3.8) is 0 Å². The average Bonchev–Trinajstić information content (AvgIpc) is 2.79. The highest BCUT2D eigenvalue weighted by molar-refractivity contribution is 7.16. The predicted octanol–water partition coefficient (Wildman–Crippen LogP) is 3.32. The lowest BCUT2D eigenvalue weighted by molar-refractivity contribution is 0.0537. The van der Waals surface area contributed by atoms with Crippen molar-refractivity contribution in [1.29, 1.82) is 0 Å². The number of anilines is 1. The highest BCUT2D eigenvalue weighted by Crippen LogP contribution is 2.65. The Labute approximate surface area is 113 Å². The monoisotopic (exact) mass is 281 g/mol. The number of hydrogen-bond donors (Lipinski definition) is 0. The number of halogens is 2. The van der Waals surface area contributed by atoms with Crippen molar-refractivity contribution in [2.24, 2.45) is 5.41 Å². The van der Waals surface area contributed by atoms with Crippen LogP contribution in [0.4, 0.5) is 14.6 Å². The van der Waals surface area contributed by atoms with Gasteiger partial charge in [0.1, 0.15) is 17.0 Å². The predicted molar refractivity (Wildman–Crippen MR) is 70.9 cm³/mol. The molecule has 1 spiro atoms. The summed E-state index contributed by atoms with van der Waals surface area (Å²) in [6.07, 6.45) is 2.76. The van der Waals surface area contributed by atoms with E-state index in [2.05, 4.69) is 14.9 Å². The van der Waals surface area contributed by atoms with Crippen LogP contribution in [0.2, 0.25) is 0 Å². The Bertz CT molecular complexity index is 632. The largest absolute Gasteiger partial charge is 0.356 e. The Kier molecular flexibility index (Phi) is 2.20. The number of aromatic nitrogens is 2. The summed E-state index contributed by atoms with van der Waals surface area (Å²) in [5, 5.41) is 3.02. The van der Waals surface area contributed by atoms with Gasteiger partial charge in [-0.15, -0.1) is 11.3 Å². The first-order valence-corrected chi connectivity index (χ1v) is 7.30. The second-order valence-electron chi connectivity index (χ2n) is 5.49. The summed E-state index contributed by atoms with van der Waals surface area (Å²) < 4.78 is 26.7. The maximum atomic E-state index is 13.4. The van der Waals surface area contributed by atoms with Gasteiger partial charge in [0.2, 0.25) is 0 Å². The summed E-state index contributed by atoms with van der Waals surface area (Å²) in [6.45, 7) is 1.33. The van der Waals surface area contributed by atoms with Crippen LogP contribution in [-0.2, 0) is 0 Å². The molecule has 2 aliphatic rings. The van der Waals surface area contributed by atoms with Crippen LogP contribution >= 0.6 is 11.3 Å². The van der Waals surface area contributed by atoms with Crippen LogP contribution < -0.4 is 4.90 Å². The van der Waals surface area contributed by atoms with E-state index in [1.54, 1.807) is 17.7 Å². The Hall–Kier alpha value is -1.30. The van der Waals surface area contributed by atoms with Crippen molar-refractivity contribution in [2.75, 3.05) is 18.0 Å². The second-order valence-corrected chi connectivity index (χ2v) is 6.38. The third kappa shape index (κ3) is 1.59. The molecule has 2 fully saturated rings. The van der Waals surface area contributed by atoms with Gasteiger partial charge in [-0.2, -0.15) is 0 Å². The molecule has 4 rings (SSSR count). The van der Waals surface area contributed by atoms with Gasteiger partial charge >= 0.3 is 0 Å². The zero-order chi connectivity index (χ0) is 13.1. The number of piperidine rings is 1. The number of thiophene rings is 1. The molecule has 1 saturated carbocycles. The summed E-state index contributed by atoms with van der Waals surface area (Å²) >= 11 is 1.58. The van der Waals surface area contributed by atoms with Gasteiger partial charge < -0.3 is 4.90 Å². The lowest BCUT2D eigenvalue weighted by Gasteiger charge is -2.33. The van der Waals surface area contributed by atoms with Crippen LogP contribution in [0.25, 0.3) is 10.2 Å². The first-order valence-electron chi connectivity index (χ1n) is 6.42. The quantitative estimate of drug-likeness (QED) is 0.803. The molecule has 6 heteroatoms. The van der Waals surface area contributed by atoms with Crippen molar-refractivity contribution in [1.82, 2.24) is 9.97 Å². The van der Waals surface area contributed by atoms with Crippen LogP contribution in [0.15, 0.2) is 17.8 Å². The molecule has 0 radical (unpaired) electrons. The number of hydrogen-bond acceptors (Lipinski definition) is 4. The highest BCUT2D eigenvalue weighted by Gasteiger charge is 2.70. The molecular weight excluding hydrogens is 268 g/mol. The minimum atomic E-state index is -2.43. The van der Waals surface area contributed by atoms with E-state index in [-0.39, 0.29) is 6.42 Å². The molecular formula is C13H13F2N3S. The maximum Gasteiger partial charge on any atom is 0.254 e. The van der Waals surface area contributed by atoms with Crippen molar-refractivity contribution < 1.29 is 8.78 Å². The molecule has 0 unspecified atom stereocenters. The van der Waals surface area contributed by atoms with Crippen molar-refractivity contribution >= 4 is 27.4 Å². The topological polar surface area (TPSA) is 29.0 Å². The van der Waals surface area contributed by atoms with Gasteiger partial charge in [-0.05, 0) is 24.3 Å². The molecule has 1 aliphatic carbocycles. The fraction of sp³-hybridized carbons (Fsp3) is 0.538. The fourth-order valence-corrected chi connectivity index (χ4v) is 3.83. The van der Waals surface area contributed by atoms with E-state index < -0.39 is 11.3 Å². The molecule has 100 valence electrons. The second kappa shape index (κ2) is 3.62. The van der Waals surface area contributed by atoms with E-state index >= 15 is 0 Å². The molecule has 3 heterocycles. The van der Waals surface area contributed by atoms with Gasteiger partial charge in [0, 0.05) is 24.9 Å². The SMILES string of the molecule is FC1(F)CC12CCN(c1ncnc3sccc13)CC2. The van der Waals surface area contributed by atoms with E-state index in [0.29, 0.717) is 25.9 Å². The number of alkyl halides is 2. The van der Waals surface area contributed by atoms with Gasteiger partial charge in [-0.1, -0.05) is 0 Å². The minimum Gasteiger partial charge on any atom is -0.356 e. The van der Waals surface area contributed by atoms with Crippen LogP contribution in [-0.4, -0.2) is 29.0 Å². The number of nitrogens with zero attached hydrogens (tertiary/aromatic N) is 3. The lowest BCUT2D eigenvalue weighted by atomic mass is 9.93. The van der Waals surface area contributed by atoms with Crippen LogP contribution in [0.5, 0.6) is 0 Å². The third-order valence-electron chi connectivity index (χ3n) is 4.47. The summed E-state index contributed by atoms with van der Waals surface area (Å²) in [5.41, 5.74) is -0.704. The first-order chi connectivity index (χ1) is 9.11. The van der Waals surface area contributed by atoms with Gasteiger partial charge in [0.15, 0.2) is 0 Å². The maximum absolute atomic E-state index is 13.4. The molecule has 3 nitrogen and oxygen atoms in total. The summed E-state index contributed by atoms with van der Waals surface area (Å²) in [6, 6.07) is 2.01. The zero-order valence-corrected chi connectivity index (χ0v) is 11.1. The summed E-state index contributed by atoms with van der Waals surface area (Å²) in [5.74, 6) is -1.53. The van der Waals surface area contributed by atoms with E-state index in [1.807, 2.05) is 11.4 Å². The van der Waals surface area contributed by atoms with Crippen molar-refractivity contribution in [3.05, 3.63) is 17.8 Å². The van der Waals surface area contributed by atoms with Crippen LogP contribution in [0, 0.1) is 5.41 Å². The third-order valence-corrected chi connectivity index (χ3v) is 5.29. The number of fused-ring (bicyclic) bond motifs is 1. The zero-order valence-electron chi connectivity index (χ0n) is 10.3. The van der Waals surface area contributed by atoms with Gasteiger partial charge in [-0.25, -0.2) is 18.7 Å². The van der Waals surface area contributed by atoms with Gasteiger partial charge in [-0.3, -0.25) is 0 Å².